The van der Waals surface area contributed by atoms with E-state index in [9.17, 15) is 9.90 Å². The van der Waals surface area contributed by atoms with E-state index in [4.69, 9.17) is 4.74 Å². The zero-order valence-electron chi connectivity index (χ0n) is 10.7. The molecule has 0 aliphatic rings. The predicted octanol–water partition coefficient (Wildman–Crippen LogP) is 4.34. The van der Waals surface area contributed by atoms with Crippen molar-refractivity contribution in [3.63, 3.8) is 0 Å². The molecule has 1 aromatic carbocycles. The molecular formula is C15H10BrNO3S. The predicted molar refractivity (Wildman–Crippen MR) is 85.1 cm³/mol. The van der Waals surface area contributed by atoms with Crippen LogP contribution in [0.25, 0.3) is 10.9 Å². The lowest BCUT2D eigenvalue weighted by Gasteiger charge is -2.10. The quantitative estimate of drug-likeness (QED) is 0.748. The molecule has 3 rings (SSSR count). The van der Waals surface area contributed by atoms with Gasteiger partial charge in [0.25, 0.3) is 0 Å². The maximum atomic E-state index is 11.5. The van der Waals surface area contributed by atoms with Gasteiger partial charge in [0.1, 0.15) is 12.2 Å². The topological polar surface area (TPSA) is 59.4 Å². The Morgan fingerprint density at radius 3 is 2.81 bits per heavy atom. The number of carboxylic acid groups (broad SMARTS) is 1. The Bertz CT molecular complexity index is 816. The highest BCUT2D eigenvalue weighted by Gasteiger charge is 2.16. The van der Waals surface area contributed by atoms with E-state index in [0.29, 0.717) is 17.5 Å². The molecule has 2 aromatic heterocycles. The number of aromatic carboxylic acids is 1. The largest absolute Gasteiger partial charge is 0.486 e. The highest BCUT2D eigenvalue weighted by molar-refractivity contribution is 9.11. The normalized spacial score (nSPS) is 10.7. The second kappa shape index (κ2) is 5.83. The van der Waals surface area contributed by atoms with Gasteiger partial charge in [-0.05, 0) is 34.1 Å². The van der Waals surface area contributed by atoms with Gasteiger partial charge in [0, 0.05) is 10.3 Å². The first-order valence-electron chi connectivity index (χ1n) is 6.13. The molecule has 21 heavy (non-hydrogen) atoms. The van der Waals surface area contributed by atoms with Crippen molar-refractivity contribution in [3.05, 3.63) is 56.8 Å². The van der Waals surface area contributed by atoms with Gasteiger partial charge in [0.15, 0.2) is 5.75 Å². The molecule has 0 unspecified atom stereocenters. The molecule has 0 spiro atoms. The number of hydrogen-bond donors (Lipinski definition) is 1. The van der Waals surface area contributed by atoms with Gasteiger partial charge in [0.2, 0.25) is 0 Å². The van der Waals surface area contributed by atoms with Crippen LogP contribution in [-0.2, 0) is 6.61 Å². The summed E-state index contributed by atoms with van der Waals surface area (Å²) in [5.74, 6) is -0.735. The van der Waals surface area contributed by atoms with Gasteiger partial charge in [-0.15, -0.1) is 11.3 Å². The van der Waals surface area contributed by atoms with Crippen LogP contribution in [0, 0.1) is 0 Å². The Morgan fingerprint density at radius 1 is 1.29 bits per heavy atom. The Balaban J connectivity index is 1.97. The minimum absolute atomic E-state index is 0.149. The molecule has 0 atom stereocenters. The Hall–Kier alpha value is -1.92. The lowest BCUT2D eigenvalue weighted by molar-refractivity contribution is 0.0694. The van der Waals surface area contributed by atoms with Crippen LogP contribution < -0.4 is 4.74 Å². The summed E-state index contributed by atoms with van der Waals surface area (Å²) in [5.41, 5.74) is 0.789. The van der Waals surface area contributed by atoms with Gasteiger partial charge in [-0.3, -0.25) is 4.98 Å². The van der Waals surface area contributed by atoms with Crippen LogP contribution in [-0.4, -0.2) is 16.1 Å². The van der Waals surface area contributed by atoms with Crippen LogP contribution in [0.5, 0.6) is 5.75 Å². The molecule has 4 nitrogen and oxygen atoms in total. The summed E-state index contributed by atoms with van der Waals surface area (Å²) in [6, 6.07) is 11.0. The van der Waals surface area contributed by atoms with Crippen molar-refractivity contribution in [1.82, 2.24) is 4.98 Å². The maximum Gasteiger partial charge on any atom is 0.340 e. The summed E-state index contributed by atoms with van der Waals surface area (Å²) in [5, 5.41) is 10.0. The average molecular weight is 364 g/mol. The SMILES string of the molecule is O=C(O)c1c(OCc2ccc(Br)s2)cnc2ccccc12. The van der Waals surface area contributed by atoms with E-state index >= 15 is 0 Å². The zero-order valence-corrected chi connectivity index (χ0v) is 13.1. The third-order valence-corrected chi connectivity index (χ3v) is 4.55. The molecule has 1 N–H and O–H groups in total. The highest BCUT2D eigenvalue weighted by Crippen LogP contribution is 2.28. The van der Waals surface area contributed by atoms with Crippen LogP contribution in [0.2, 0.25) is 0 Å². The molecule has 0 bridgehead atoms. The lowest BCUT2D eigenvalue weighted by Crippen LogP contribution is -2.04. The van der Waals surface area contributed by atoms with Gasteiger partial charge in [-0.2, -0.15) is 0 Å². The number of benzene rings is 1. The molecule has 2 heterocycles. The smallest absolute Gasteiger partial charge is 0.340 e. The molecule has 106 valence electrons. The summed E-state index contributed by atoms with van der Waals surface area (Å²) >= 11 is 4.93. The molecule has 0 saturated carbocycles. The number of rotatable bonds is 4. The van der Waals surface area contributed by atoms with Gasteiger partial charge < -0.3 is 9.84 Å². The summed E-state index contributed by atoms with van der Waals surface area (Å²) < 4.78 is 6.66. The van der Waals surface area contributed by atoms with Crippen molar-refractivity contribution in [2.24, 2.45) is 0 Å². The minimum atomic E-state index is -1.02. The third kappa shape index (κ3) is 2.91. The number of nitrogens with zero attached hydrogens (tertiary/aromatic N) is 1. The number of carbonyl (C=O) groups is 1. The van der Waals surface area contributed by atoms with Gasteiger partial charge in [-0.25, -0.2) is 4.79 Å². The van der Waals surface area contributed by atoms with E-state index in [1.165, 1.54) is 6.20 Å². The summed E-state index contributed by atoms with van der Waals surface area (Å²) in [4.78, 5) is 16.8. The fraction of sp³-hybridized carbons (Fsp3) is 0.0667. The van der Waals surface area contributed by atoms with E-state index in [0.717, 1.165) is 8.66 Å². The minimum Gasteiger partial charge on any atom is -0.486 e. The molecular weight excluding hydrogens is 354 g/mol. The highest BCUT2D eigenvalue weighted by atomic mass is 79.9. The Kier molecular flexibility index (Phi) is 3.90. The Labute approximate surface area is 133 Å². The summed E-state index contributed by atoms with van der Waals surface area (Å²) in [6.45, 7) is 0.316. The fourth-order valence-electron chi connectivity index (χ4n) is 2.03. The first-order valence-corrected chi connectivity index (χ1v) is 7.74. The van der Waals surface area contributed by atoms with Gasteiger partial charge >= 0.3 is 5.97 Å². The number of aromatic nitrogens is 1. The second-order valence-electron chi connectivity index (χ2n) is 4.31. The monoisotopic (exact) mass is 363 g/mol. The van der Waals surface area contributed by atoms with Crippen LogP contribution in [0.4, 0.5) is 0 Å². The molecule has 0 amide bonds. The van der Waals surface area contributed by atoms with Crippen LogP contribution in [0.15, 0.2) is 46.4 Å². The Morgan fingerprint density at radius 2 is 2.10 bits per heavy atom. The molecule has 3 aromatic rings. The number of hydrogen-bond acceptors (Lipinski definition) is 4. The van der Waals surface area contributed by atoms with E-state index in [1.54, 1.807) is 29.5 Å². The number of thiophene rings is 1. The third-order valence-electron chi connectivity index (χ3n) is 2.95. The summed E-state index contributed by atoms with van der Waals surface area (Å²) in [6.07, 6.45) is 1.47. The molecule has 0 aliphatic heterocycles. The van der Waals surface area contributed by atoms with Gasteiger partial charge in [-0.1, -0.05) is 18.2 Å². The number of fused-ring (bicyclic) bond motifs is 1. The van der Waals surface area contributed by atoms with Crippen LogP contribution >= 0.6 is 27.3 Å². The second-order valence-corrected chi connectivity index (χ2v) is 6.86. The maximum absolute atomic E-state index is 11.5. The lowest BCUT2D eigenvalue weighted by atomic mass is 10.1. The standard InChI is InChI=1S/C15H10BrNO3S/c16-13-6-5-9(21-13)8-20-12-7-17-11-4-2-1-3-10(11)14(12)15(18)19/h1-7H,8H2,(H,18,19). The van der Waals surface area contributed by atoms with Crippen molar-refractivity contribution in [2.75, 3.05) is 0 Å². The van der Waals surface area contributed by atoms with E-state index < -0.39 is 5.97 Å². The number of halogens is 1. The van der Waals surface area contributed by atoms with E-state index in [-0.39, 0.29) is 11.3 Å². The van der Waals surface area contributed by atoms with Crippen molar-refractivity contribution >= 4 is 44.1 Å². The molecule has 0 saturated heterocycles. The number of carboxylic acids is 1. The van der Waals surface area contributed by atoms with Crippen molar-refractivity contribution < 1.29 is 14.6 Å². The number of para-hydroxylation sites is 1. The van der Waals surface area contributed by atoms with Crippen molar-refractivity contribution in [3.8, 4) is 5.75 Å². The van der Waals surface area contributed by atoms with Gasteiger partial charge in [0.05, 0.1) is 15.5 Å². The number of ether oxygens (including phenoxy) is 1. The zero-order chi connectivity index (χ0) is 14.8. The van der Waals surface area contributed by atoms with E-state index in [1.807, 2.05) is 18.2 Å². The average Bonchev–Trinajstić information content (AvgIpc) is 2.89. The fourth-order valence-corrected chi connectivity index (χ4v) is 3.43. The van der Waals surface area contributed by atoms with Crippen molar-refractivity contribution in [1.29, 1.82) is 0 Å². The summed E-state index contributed by atoms with van der Waals surface area (Å²) in [7, 11) is 0. The number of pyridine rings is 1. The molecule has 6 heteroatoms. The van der Waals surface area contributed by atoms with Crippen molar-refractivity contribution in [2.45, 2.75) is 6.61 Å². The molecule has 0 radical (unpaired) electrons. The van der Waals surface area contributed by atoms with Crippen LogP contribution in [0.1, 0.15) is 15.2 Å². The molecule has 0 aliphatic carbocycles. The molecule has 0 fully saturated rings. The first-order chi connectivity index (χ1) is 10.1. The van der Waals surface area contributed by atoms with Crippen LogP contribution in [0.3, 0.4) is 0 Å². The van der Waals surface area contributed by atoms with E-state index in [2.05, 4.69) is 20.9 Å². The first kappa shape index (κ1) is 14.0.